The Hall–Kier alpha value is -0.970. The maximum Gasteiger partial charge on any atom is 0.127 e. The van der Waals surface area contributed by atoms with Crippen LogP contribution in [0.3, 0.4) is 0 Å². The summed E-state index contributed by atoms with van der Waals surface area (Å²) in [5, 5.41) is 4.20. The summed E-state index contributed by atoms with van der Waals surface area (Å²) < 4.78 is 19.4. The van der Waals surface area contributed by atoms with Gasteiger partial charge in [-0.3, -0.25) is 0 Å². The average Bonchev–Trinajstić information content (AvgIpc) is 2.85. The van der Waals surface area contributed by atoms with Crippen molar-refractivity contribution in [3.8, 4) is 5.75 Å². The predicted molar refractivity (Wildman–Crippen MR) is 87.1 cm³/mol. The highest BCUT2D eigenvalue weighted by Crippen LogP contribution is 2.35. The molecule has 0 aliphatic carbocycles. The Bertz CT molecular complexity index is 685. The van der Waals surface area contributed by atoms with Gasteiger partial charge in [0.1, 0.15) is 11.6 Å². The van der Waals surface area contributed by atoms with Crippen molar-refractivity contribution >= 4 is 44.8 Å². The molecule has 0 atom stereocenters. The number of hydrogen-bond donors (Lipinski definition) is 1. The van der Waals surface area contributed by atoms with Crippen molar-refractivity contribution in [2.45, 2.75) is 13.0 Å². The highest BCUT2D eigenvalue weighted by atomic mass is 79.9. The first-order valence-corrected chi connectivity index (χ1v) is 7.92. The van der Waals surface area contributed by atoms with Crippen LogP contribution in [0.5, 0.6) is 5.75 Å². The highest BCUT2D eigenvalue weighted by Gasteiger charge is 2.18. The zero-order chi connectivity index (χ0) is 15.0. The number of rotatable bonds is 3. The van der Waals surface area contributed by atoms with Crippen LogP contribution in [0.1, 0.15) is 11.1 Å². The molecule has 2 aromatic carbocycles. The fourth-order valence-corrected chi connectivity index (χ4v) is 3.59. The van der Waals surface area contributed by atoms with E-state index in [1.54, 1.807) is 0 Å². The molecule has 110 valence electrons. The van der Waals surface area contributed by atoms with Gasteiger partial charge < -0.3 is 10.1 Å². The van der Waals surface area contributed by atoms with Crippen LogP contribution in [0.2, 0.25) is 10.0 Å². The molecule has 0 unspecified atom stereocenters. The summed E-state index contributed by atoms with van der Waals surface area (Å²) in [6.45, 7) is 1.16. The number of benzene rings is 2. The van der Waals surface area contributed by atoms with E-state index >= 15 is 0 Å². The van der Waals surface area contributed by atoms with Crippen molar-refractivity contribution in [1.82, 2.24) is 0 Å². The van der Waals surface area contributed by atoms with Gasteiger partial charge in [-0.05, 0) is 45.8 Å². The lowest BCUT2D eigenvalue weighted by Crippen LogP contribution is -2.03. The zero-order valence-corrected chi connectivity index (χ0v) is 13.9. The Morgan fingerprint density at radius 2 is 2.05 bits per heavy atom. The minimum Gasteiger partial charge on any atom is -0.493 e. The summed E-state index contributed by atoms with van der Waals surface area (Å²) in [6.07, 6.45) is 0.865. The average molecular weight is 391 g/mol. The standard InChI is InChI=1S/C15H11BrCl2FNO/c16-12-5-11(19)6-13(18)14(12)20-7-9-4-10(17)3-8-1-2-21-15(8)9/h3-6,20H,1-2,7H2. The Morgan fingerprint density at radius 3 is 2.81 bits per heavy atom. The first-order chi connectivity index (χ1) is 10.0. The van der Waals surface area contributed by atoms with Crippen LogP contribution in [0.25, 0.3) is 0 Å². The molecular formula is C15H11BrCl2FNO. The zero-order valence-electron chi connectivity index (χ0n) is 10.9. The fraction of sp³-hybridized carbons (Fsp3) is 0.200. The highest BCUT2D eigenvalue weighted by molar-refractivity contribution is 9.10. The molecule has 6 heteroatoms. The van der Waals surface area contributed by atoms with Crippen LogP contribution >= 0.6 is 39.1 Å². The van der Waals surface area contributed by atoms with Crippen molar-refractivity contribution in [2.24, 2.45) is 0 Å². The van der Waals surface area contributed by atoms with E-state index in [1.807, 2.05) is 12.1 Å². The van der Waals surface area contributed by atoms with Gasteiger partial charge in [-0.1, -0.05) is 23.2 Å². The third kappa shape index (κ3) is 3.12. The molecule has 2 nitrogen and oxygen atoms in total. The van der Waals surface area contributed by atoms with Crippen molar-refractivity contribution in [3.63, 3.8) is 0 Å². The van der Waals surface area contributed by atoms with E-state index < -0.39 is 0 Å². The van der Waals surface area contributed by atoms with Crippen LogP contribution in [0.15, 0.2) is 28.7 Å². The second-order valence-corrected chi connectivity index (χ2v) is 6.45. The summed E-state index contributed by atoms with van der Waals surface area (Å²) >= 11 is 15.5. The lowest BCUT2D eigenvalue weighted by Gasteiger charge is -2.13. The Labute approximate surface area is 140 Å². The number of halogens is 4. The monoisotopic (exact) mass is 389 g/mol. The summed E-state index contributed by atoms with van der Waals surface area (Å²) in [7, 11) is 0. The molecule has 0 radical (unpaired) electrons. The van der Waals surface area contributed by atoms with Crippen molar-refractivity contribution in [1.29, 1.82) is 0 Å². The third-order valence-corrected chi connectivity index (χ3v) is 4.43. The Balaban J connectivity index is 1.86. The molecule has 0 saturated heterocycles. The van der Waals surface area contributed by atoms with Gasteiger partial charge in [0.25, 0.3) is 0 Å². The van der Waals surface area contributed by atoms with E-state index in [-0.39, 0.29) is 5.82 Å². The summed E-state index contributed by atoms with van der Waals surface area (Å²) in [4.78, 5) is 0. The van der Waals surface area contributed by atoms with Crippen LogP contribution in [0, 0.1) is 5.82 Å². The molecule has 0 fully saturated rings. The van der Waals surface area contributed by atoms with Gasteiger partial charge in [-0.15, -0.1) is 0 Å². The molecule has 1 aliphatic heterocycles. The second-order valence-electron chi connectivity index (χ2n) is 4.75. The van der Waals surface area contributed by atoms with Crippen molar-refractivity contribution in [3.05, 3.63) is 55.7 Å². The predicted octanol–water partition coefficient (Wildman–Crippen LogP) is 5.44. The molecule has 1 N–H and O–H groups in total. The molecule has 3 rings (SSSR count). The van der Waals surface area contributed by atoms with Gasteiger partial charge in [0.15, 0.2) is 0 Å². The molecule has 21 heavy (non-hydrogen) atoms. The van der Waals surface area contributed by atoms with Gasteiger partial charge >= 0.3 is 0 Å². The number of hydrogen-bond acceptors (Lipinski definition) is 2. The largest absolute Gasteiger partial charge is 0.493 e. The van der Waals surface area contributed by atoms with E-state index in [0.717, 1.165) is 23.3 Å². The van der Waals surface area contributed by atoms with Crippen LogP contribution in [-0.2, 0) is 13.0 Å². The normalized spacial score (nSPS) is 13.0. The summed E-state index contributed by atoms with van der Waals surface area (Å²) in [6, 6.07) is 6.43. The lowest BCUT2D eigenvalue weighted by molar-refractivity contribution is 0.354. The quantitative estimate of drug-likeness (QED) is 0.753. The van der Waals surface area contributed by atoms with Gasteiger partial charge in [0, 0.05) is 28.0 Å². The Kier molecular flexibility index (Phi) is 4.29. The van der Waals surface area contributed by atoms with E-state index in [1.165, 1.54) is 12.1 Å². The lowest BCUT2D eigenvalue weighted by atomic mass is 10.1. The summed E-state index contributed by atoms with van der Waals surface area (Å²) in [5.74, 6) is 0.491. The van der Waals surface area contributed by atoms with Gasteiger partial charge in [-0.2, -0.15) is 0 Å². The number of ether oxygens (including phenoxy) is 1. The first kappa shape index (κ1) is 14.9. The van der Waals surface area contributed by atoms with Crippen molar-refractivity contribution < 1.29 is 9.13 Å². The fourth-order valence-electron chi connectivity index (χ4n) is 2.37. The third-order valence-electron chi connectivity index (χ3n) is 3.29. The van der Waals surface area contributed by atoms with Crippen LogP contribution in [0.4, 0.5) is 10.1 Å². The van der Waals surface area contributed by atoms with Crippen LogP contribution < -0.4 is 10.1 Å². The molecule has 0 spiro atoms. The Morgan fingerprint density at radius 1 is 1.24 bits per heavy atom. The molecule has 2 aromatic rings. The summed E-state index contributed by atoms with van der Waals surface area (Å²) in [5.41, 5.74) is 2.72. The topological polar surface area (TPSA) is 21.3 Å². The maximum absolute atomic E-state index is 13.2. The minimum atomic E-state index is -0.385. The van der Waals surface area contributed by atoms with E-state index in [0.29, 0.717) is 33.4 Å². The van der Waals surface area contributed by atoms with Gasteiger partial charge in [-0.25, -0.2) is 4.39 Å². The number of fused-ring (bicyclic) bond motifs is 1. The molecule has 1 heterocycles. The first-order valence-electron chi connectivity index (χ1n) is 6.37. The van der Waals surface area contributed by atoms with E-state index in [4.69, 9.17) is 27.9 Å². The van der Waals surface area contributed by atoms with Crippen molar-refractivity contribution in [2.75, 3.05) is 11.9 Å². The van der Waals surface area contributed by atoms with Gasteiger partial charge in [0.2, 0.25) is 0 Å². The number of nitrogens with one attached hydrogen (secondary N) is 1. The molecular weight excluding hydrogens is 380 g/mol. The van der Waals surface area contributed by atoms with E-state index in [9.17, 15) is 4.39 Å². The second kappa shape index (κ2) is 6.03. The molecule has 0 bridgehead atoms. The molecule has 0 amide bonds. The maximum atomic E-state index is 13.2. The molecule has 1 aliphatic rings. The number of anilines is 1. The van der Waals surface area contributed by atoms with Crippen LogP contribution in [-0.4, -0.2) is 6.61 Å². The molecule has 0 saturated carbocycles. The van der Waals surface area contributed by atoms with E-state index in [2.05, 4.69) is 21.2 Å². The molecule has 0 aromatic heterocycles. The smallest absolute Gasteiger partial charge is 0.127 e. The van der Waals surface area contributed by atoms with Gasteiger partial charge in [0.05, 0.1) is 17.3 Å². The SMILES string of the molecule is Fc1cc(Cl)c(NCc2cc(Cl)cc3c2OCC3)c(Br)c1. The minimum absolute atomic E-state index is 0.321.